The zero-order valence-electron chi connectivity index (χ0n) is 13.9. The summed E-state index contributed by atoms with van der Waals surface area (Å²) in [7, 11) is 1.81. The number of nitrogens with zero attached hydrogens (tertiary/aromatic N) is 5. The molecule has 0 atom stereocenters. The van der Waals surface area contributed by atoms with Crippen molar-refractivity contribution in [2.24, 2.45) is 12.8 Å². The smallest absolute Gasteiger partial charge is 0.254 e. The molecular formula is C16H18N8O. The van der Waals surface area contributed by atoms with Crippen molar-refractivity contribution in [1.82, 2.24) is 24.7 Å². The summed E-state index contributed by atoms with van der Waals surface area (Å²) in [5, 5.41) is 10.2. The van der Waals surface area contributed by atoms with Gasteiger partial charge in [-0.25, -0.2) is 4.98 Å². The van der Waals surface area contributed by atoms with Crippen molar-refractivity contribution >= 4 is 23.4 Å². The fraction of sp³-hybridized carbons (Fsp3) is 0.188. The first kappa shape index (κ1) is 16.4. The maximum atomic E-state index is 11.6. The van der Waals surface area contributed by atoms with Gasteiger partial charge in [0, 0.05) is 25.6 Å². The Morgan fingerprint density at radius 2 is 2.16 bits per heavy atom. The molecule has 3 aromatic heterocycles. The highest BCUT2D eigenvalue weighted by Gasteiger charge is 2.13. The van der Waals surface area contributed by atoms with Crippen LogP contribution in [0.4, 0.5) is 17.5 Å². The van der Waals surface area contributed by atoms with E-state index in [1.807, 2.05) is 26.1 Å². The molecule has 0 aromatic carbocycles. The Morgan fingerprint density at radius 3 is 2.84 bits per heavy atom. The van der Waals surface area contributed by atoms with E-state index in [0.717, 1.165) is 16.9 Å². The number of aromatic nitrogens is 5. The number of carbonyl (C=O) groups excluding carboxylic acids is 1. The van der Waals surface area contributed by atoms with Gasteiger partial charge in [0.15, 0.2) is 0 Å². The largest absolute Gasteiger partial charge is 0.365 e. The summed E-state index contributed by atoms with van der Waals surface area (Å²) >= 11 is 0. The van der Waals surface area contributed by atoms with Crippen LogP contribution in [0, 0.1) is 6.92 Å². The van der Waals surface area contributed by atoms with E-state index in [-0.39, 0.29) is 5.56 Å². The fourth-order valence-electron chi connectivity index (χ4n) is 2.24. The van der Waals surface area contributed by atoms with Crippen molar-refractivity contribution in [1.29, 1.82) is 0 Å². The van der Waals surface area contributed by atoms with Crippen LogP contribution in [0.5, 0.6) is 0 Å². The SMILES string of the molecule is Cc1cccnc1CNc1nc(Nc2cnn(C)c2)ncc1C(N)=O. The molecule has 0 aliphatic carbocycles. The summed E-state index contributed by atoms with van der Waals surface area (Å²) in [6.07, 6.45) is 6.54. The molecule has 0 aliphatic heterocycles. The molecule has 0 unspecified atom stereocenters. The van der Waals surface area contributed by atoms with Crippen molar-refractivity contribution in [2.45, 2.75) is 13.5 Å². The Labute approximate surface area is 144 Å². The van der Waals surface area contributed by atoms with Gasteiger partial charge in [0.05, 0.1) is 29.7 Å². The fourth-order valence-corrected chi connectivity index (χ4v) is 2.24. The summed E-state index contributed by atoms with van der Waals surface area (Å²) in [6, 6.07) is 3.84. The number of rotatable bonds is 6. The Morgan fingerprint density at radius 1 is 1.32 bits per heavy atom. The van der Waals surface area contributed by atoms with Crippen LogP contribution in [-0.4, -0.2) is 30.6 Å². The first-order valence-corrected chi connectivity index (χ1v) is 7.60. The van der Waals surface area contributed by atoms with E-state index in [9.17, 15) is 4.79 Å². The van der Waals surface area contributed by atoms with Crippen molar-refractivity contribution < 1.29 is 4.79 Å². The van der Waals surface area contributed by atoms with Gasteiger partial charge in [-0.1, -0.05) is 6.07 Å². The van der Waals surface area contributed by atoms with Crippen LogP contribution in [0.1, 0.15) is 21.6 Å². The van der Waals surface area contributed by atoms with E-state index in [4.69, 9.17) is 5.73 Å². The van der Waals surface area contributed by atoms with Crippen LogP contribution in [-0.2, 0) is 13.6 Å². The maximum Gasteiger partial charge on any atom is 0.254 e. The van der Waals surface area contributed by atoms with Crippen molar-refractivity contribution in [3.63, 3.8) is 0 Å². The lowest BCUT2D eigenvalue weighted by Gasteiger charge is -2.11. The number of nitrogens with two attached hydrogens (primary N) is 1. The minimum atomic E-state index is -0.604. The van der Waals surface area contributed by atoms with Crippen LogP contribution in [0.2, 0.25) is 0 Å². The average Bonchev–Trinajstić information content (AvgIpc) is 2.99. The Bertz CT molecular complexity index is 905. The molecule has 4 N–H and O–H groups in total. The Hall–Kier alpha value is -3.49. The number of amides is 1. The highest BCUT2D eigenvalue weighted by atomic mass is 16.1. The van der Waals surface area contributed by atoms with E-state index < -0.39 is 5.91 Å². The second kappa shape index (κ2) is 6.95. The van der Waals surface area contributed by atoms with Crippen LogP contribution in [0.3, 0.4) is 0 Å². The average molecular weight is 338 g/mol. The van der Waals surface area contributed by atoms with Gasteiger partial charge in [-0.15, -0.1) is 0 Å². The van der Waals surface area contributed by atoms with Gasteiger partial charge in [-0.2, -0.15) is 10.1 Å². The van der Waals surface area contributed by atoms with Gasteiger partial charge < -0.3 is 16.4 Å². The number of primary amides is 1. The maximum absolute atomic E-state index is 11.6. The topological polar surface area (TPSA) is 124 Å². The number of aryl methyl sites for hydroxylation is 2. The molecule has 9 nitrogen and oxygen atoms in total. The first-order valence-electron chi connectivity index (χ1n) is 7.60. The van der Waals surface area contributed by atoms with Gasteiger partial charge in [-0.05, 0) is 18.6 Å². The molecule has 0 radical (unpaired) electrons. The third kappa shape index (κ3) is 3.89. The van der Waals surface area contributed by atoms with Crippen molar-refractivity contribution in [3.05, 3.63) is 53.7 Å². The van der Waals surface area contributed by atoms with E-state index >= 15 is 0 Å². The molecule has 0 aliphatic rings. The molecule has 3 heterocycles. The molecule has 0 saturated heterocycles. The van der Waals surface area contributed by atoms with E-state index in [2.05, 4.69) is 30.7 Å². The number of hydrogen-bond acceptors (Lipinski definition) is 7. The molecule has 128 valence electrons. The van der Waals surface area contributed by atoms with Crippen LogP contribution >= 0.6 is 0 Å². The second-order valence-corrected chi connectivity index (χ2v) is 5.47. The normalized spacial score (nSPS) is 10.5. The highest BCUT2D eigenvalue weighted by molar-refractivity contribution is 5.97. The molecule has 0 fully saturated rings. The lowest BCUT2D eigenvalue weighted by Crippen LogP contribution is -2.17. The molecule has 0 spiro atoms. The van der Waals surface area contributed by atoms with Gasteiger partial charge in [0.1, 0.15) is 5.82 Å². The quantitative estimate of drug-likeness (QED) is 0.620. The lowest BCUT2D eigenvalue weighted by atomic mass is 10.2. The number of pyridine rings is 1. The molecule has 25 heavy (non-hydrogen) atoms. The molecule has 1 amide bonds. The molecule has 9 heteroatoms. The Kier molecular flexibility index (Phi) is 4.55. The van der Waals surface area contributed by atoms with Crippen LogP contribution < -0.4 is 16.4 Å². The number of hydrogen-bond donors (Lipinski definition) is 3. The van der Waals surface area contributed by atoms with Crippen molar-refractivity contribution in [2.75, 3.05) is 10.6 Å². The predicted octanol–water partition coefficient (Wildman–Crippen LogP) is 1.37. The number of carbonyl (C=O) groups is 1. The van der Waals surface area contributed by atoms with E-state index in [0.29, 0.717) is 18.3 Å². The van der Waals surface area contributed by atoms with E-state index in [1.54, 1.807) is 23.3 Å². The molecule has 0 saturated carbocycles. The van der Waals surface area contributed by atoms with E-state index in [1.165, 1.54) is 6.20 Å². The van der Waals surface area contributed by atoms with Crippen molar-refractivity contribution in [3.8, 4) is 0 Å². The summed E-state index contributed by atoms with van der Waals surface area (Å²) in [4.78, 5) is 24.4. The predicted molar refractivity (Wildman–Crippen MR) is 93.3 cm³/mol. The van der Waals surface area contributed by atoms with Gasteiger partial charge in [-0.3, -0.25) is 14.5 Å². The minimum absolute atomic E-state index is 0.213. The van der Waals surface area contributed by atoms with Gasteiger partial charge in [0.25, 0.3) is 5.91 Å². The van der Waals surface area contributed by atoms with Crippen LogP contribution in [0.25, 0.3) is 0 Å². The molecule has 0 bridgehead atoms. The highest BCUT2D eigenvalue weighted by Crippen LogP contribution is 2.18. The molecular weight excluding hydrogens is 320 g/mol. The van der Waals surface area contributed by atoms with Crippen LogP contribution in [0.15, 0.2) is 36.9 Å². The van der Waals surface area contributed by atoms with Gasteiger partial charge >= 0.3 is 0 Å². The third-order valence-corrected chi connectivity index (χ3v) is 3.56. The monoisotopic (exact) mass is 338 g/mol. The minimum Gasteiger partial charge on any atom is -0.365 e. The first-order chi connectivity index (χ1) is 12.0. The molecule has 3 aromatic rings. The summed E-state index contributed by atoms with van der Waals surface area (Å²) < 4.78 is 1.66. The number of anilines is 3. The summed E-state index contributed by atoms with van der Waals surface area (Å²) in [5.41, 5.74) is 8.26. The lowest BCUT2D eigenvalue weighted by molar-refractivity contribution is 0.100. The third-order valence-electron chi connectivity index (χ3n) is 3.56. The van der Waals surface area contributed by atoms with Gasteiger partial charge in [0.2, 0.25) is 5.95 Å². The number of nitrogens with one attached hydrogen (secondary N) is 2. The summed E-state index contributed by atoms with van der Waals surface area (Å²) in [5.74, 6) is 0.0744. The standard InChI is InChI=1S/C16H18N8O/c1-10-4-3-5-18-13(10)8-19-15-12(14(17)25)7-20-16(23-15)22-11-6-21-24(2)9-11/h3-7,9H,8H2,1-2H3,(H2,17,25)(H2,19,20,22,23). The zero-order chi connectivity index (χ0) is 17.8. The molecule has 3 rings (SSSR count). The summed E-state index contributed by atoms with van der Waals surface area (Å²) in [6.45, 7) is 2.38. The second-order valence-electron chi connectivity index (χ2n) is 5.47. The zero-order valence-corrected chi connectivity index (χ0v) is 13.9. The Balaban J connectivity index is 1.83.